The summed E-state index contributed by atoms with van der Waals surface area (Å²) in [6.07, 6.45) is 2.72. The summed E-state index contributed by atoms with van der Waals surface area (Å²) in [5.41, 5.74) is 3.65. The van der Waals surface area contributed by atoms with Crippen molar-refractivity contribution >= 4 is 0 Å². The van der Waals surface area contributed by atoms with E-state index < -0.39 is 0 Å². The number of aliphatic hydroxyl groups is 1. The average molecular weight is 194 g/mol. The topological polar surface area (TPSA) is 38.0 Å². The molecule has 1 aliphatic carbocycles. The molecular weight excluding hydrogens is 176 g/mol. The summed E-state index contributed by atoms with van der Waals surface area (Å²) in [5, 5.41) is 14.0. The first-order valence-corrected chi connectivity index (χ1v) is 5.30. The van der Waals surface area contributed by atoms with Crippen molar-refractivity contribution in [1.82, 2.24) is 9.78 Å². The number of aliphatic hydroxyl groups excluding tert-OH is 1. The highest BCUT2D eigenvalue weighted by Crippen LogP contribution is 2.31. The summed E-state index contributed by atoms with van der Waals surface area (Å²) < 4.78 is 2.10. The van der Waals surface area contributed by atoms with Gasteiger partial charge in [0.15, 0.2) is 0 Å². The lowest BCUT2D eigenvalue weighted by Gasteiger charge is -2.12. The zero-order valence-electron chi connectivity index (χ0n) is 9.12. The van der Waals surface area contributed by atoms with Gasteiger partial charge in [0.25, 0.3) is 0 Å². The molecule has 2 atom stereocenters. The maximum absolute atomic E-state index is 9.49. The highest BCUT2D eigenvalue weighted by atomic mass is 16.3. The van der Waals surface area contributed by atoms with Crippen LogP contribution in [-0.2, 0) is 0 Å². The van der Waals surface area contributed by atoms with E-state index in [2.05, 4.69) is 23.6 Å². The molecule has 78 valence electrons. The van der Waals surface area contributed by atoms with Gasteiger partial charge in [-0.3, -0.25) is 4.68 Å². The van der Waals surface area contributed by atoms with E-state index in [1.807, 2.05) is 6.92 Å². The first-order valence-electron chi connectivity index (χ1n) is 5.30. The van der Waals surface area contributed by atoms with Gasteiger partial charge in [0, 0.05) is 5.69 Å². The molecular formula is C11H18N2O. The van der Waals surface area contributed by atoms with Crippen molar-refractivity contribution in [2.75, 3.05) is 0 Å². The van der Waals surface area contributed by atoms with Crippen molar-refractivity contribution in [2.24, 2.45) is 0 Å². The molecule has 1 N–H and O–H groups in total. The van der Waals surface area contributed by atoms with E-state index in [1.54, 1.807) is 0 Å². The van der Waals surface area contributed by atoms with Gasteiger partial charge < -0.3 is 5.11 Å². The van der Waals surface area contributed by atoms with E-state index in [0.29, 0.717) is 6.04 Å². The van der Waals surface area contributed by atoms with Gasteiger partial charge in [-0.25, -0.2) is 0 Å². The number of hydrogen-bond acceptors (Lipinski definition) is 2. The third-order valence-electron chi connectivity index (χ3n) is 3.41. The minimum absolute atomic E-state index is 0.121. The second-order valence-electron chi connectivity index (χ2n) is 4.36. The monoisotopic (exact) mass is 194 g/mol. The molecule has 14 heavy (non-hydrogen) atoms. The molecule has 3 heteroatoms. The zero-order valence-corrected chi connectivity index (χ0v) is 9.12. The summed E-state index contributed by atoms with van der Waals surface area (Å²) >= 11 is 0. The van der Waals surface area contributed by atoms with Crippen LogP contribution in [0.5, 0.6) is 0 Å². The van der Waals surface area contributed by atoms with Crippen molar-refractivity contribution in [3.8, 4) is 0 Å². The molecule has 0 bridgehead atoms. The van der Waals surface area contributed by atoms with Gasteiger partial charge >= 0.3 is 0 Å². The van der Waals surface area contributed by atoms with Gasteiger partial charge in [-0.05, 0) is 45.6 Å². The minimum atomic E-state index is -0.121. The molecule has 3 nitrogen and oxygen atoms in total. The summed E-state index contributed by atoms with van der Waals surface area (Å²) in [4.78, 5) is 0. The molecule has 1 aliphatic rings. The number of rotatable bonds is 1. The Kier molecular flexibility index (Phi) is 2.35. The summed E-state index contributed by atoms with van der Waals surface area (Å²) in [6.45, 7) is 6.27. The average Bonchev–Trinajstić information content (AvgIpc) is 2.66. The lowest BCUT2D eigenvalue weighted by Crippen LogP contribution is -2.10. The Morgan fingerprint density at radius 2 is 2.00 bits per heavy atom. The molecule has 1 fully saturated rings. The molecule has 1 heterocycles. The van der Waals surface area contributed by atoms with E-state index in [0.717, 1.165) is 25.0 Å². The smallest absolute Gasteiger partial charge is 0.0625 e. The predicted octanol–water partition coefficient (Wildman–Crippen LogP) is 1.89. The fraction of sp³-hybridized carbons (Fsp3) is 0.727. The van der Waals surface area contributed by atoms with Gasteiger partial charge in [-0.15, -0.1) is 0 Å². The Labute approximate surface area is 84.7 Å². The van der Waals surface area contributed by atoms with Crippen LogP contribution in [0.25, 0.3) is 0 Å². The van der Waals surface area contributed by atoms with Gasteiger partial charge in [0.1, 0.15) is 0 Å². The van der Waals surface area contributed by atoms with Crippen LogP contribution in [0.3, 0.4) is 0 Å². The molecule has 2 rings (SSSR count). The highest BCUT2D eigenvalue weighted by molar-refractivity contribution is 5.22. The maximum Gasteiger partial charge on any atom is 0.0625 e. The lowest BCUT2D eigenvalue weighted by atomic mass is 10.2. The van der Waals surface area contributed by atoms with Gasteiger partial charge in [-0.1, -0.05) is 0 Å². The number of aromatic nitrogens is 2. The van der Waals surface area contributed by atoms with Crippen LogP contribution in [-0.4, -0.2) is 21.0 Å². The largest absolute Gasteiger partial charge is 0.393 e. The van der Waals surface area contributed by atoms with Gasteiger partial charge in [0.05, 0.1) is 17.8 Å². The summed E-state index contributed by atoms with van der Waals surface area (Å²) in [6, 6.07) is 0.414. The van der Waals surface area contributed by atoms with Crippen LogP contribution in [0.2, 0.25) is 0 Å². The minimum Gasteiger partial charge on any atom is -0.393 e. The maximum atomic E-state index is 9.49. The van der Waals surface area contributed by atoms with E-state index >= 15 is 0 Å². The van der Waals surface area contributed by atoms with Crippen molar-refractivity contribution in [3.05, 3.63) is 17.0 Å². The zero-order chi connectivity index (χ0) is 10.3. The van der Waals surface area contributed by atoms with Crippen LogP contribution in [0.1, 0.15) is 42.3 Å². The molecule has 1 aromatic heterocycles. The van der Waals surface area contributed by atoms with E-state index in [9.17, 15) is 5.11 Å². The fourth-order valence-corrected chi connectivity index (χ4v) is 2.26. The van der Waals surface area contributed by atoms with Crippen LogP contribution in [0.15, 0.2) is 0 Å². The second kappa shape index (κ2) is 3.39. The van der Waals surface area contributed by atoms with Gasteiger partial charge in [-0.2, -0.15) is 5.10 Å². The van der Waals surface area contributed by atoms with Crippen molar-refractivity contribution in [3.63, 3.8) is 0 Å². The first kappa shape index (κ1) is 9.71. The predicted molar refractivity (Wildman–Crippen MR) is 55.3 cm³/mol. The van der Waals surface area contributed by atoms with Crippen LogP contribution in [0.4, 0.5) is 0 Å². The molecule has 2 unspecified atom stereocenters. The fourth-order valence-electron chi connectivity index (χ4n) is 2.26. The van der Waals surface area contributed by atoms with Crippen LogP contribution < -0.4 is 0 Å². The third kappa shape index (κ3) is 1.46. The Balaban J connectivity index is 2.28. The molecule has 1 saturated carbocycles. The van der Waals surface area contributed by atoms with Gasteiger partial charge in [0.2, 0.25) is 0 Å². The Bertz CT molecular complexity index is 343. The quantitative estimate of drug-likeness (QED) is 0.741. The highest BCUT2D eigenvalue weighted by Gasteiger charge is 2.26. The third-order valence-corrected chi connectivity index (χ3v) is 3.41. The molecule has 0 aromatic carbocycles. The van der Waals surface area contributed by atoms with E-state index in [1.165, 1.54) is 11.3 Å². The SMILES string of the molecule is Cc1nn(C2CCC(O)C2)c(C)c1C. The van der Waals surface area contributed by atoms with Crippen molar-refractivity contribution in [1.29, 1.82) is 0 Å². The van der Waals surface area contributed by atoms with Crippen LogP contribution >= 0.6 is 0 Å². The molecule has 0 amide bonds. The Morgan fingerprint density at radius 3 is 2.43 bits per heavy atom. The van der Waals surface area contributed by atoms with E-state index in [4.69, 9.17) is 0 Å². The normalized spacial score (nSPS) is 27.1. The molecule has 0 radical (unpaired) electrons. The molecule has 0 saturated heterocycles. The number of aryl methyl sites for hydroxylation is 1. The number of hydrogen-bond donors (Lipinski definition) is 1. The van der Waals surface area contributed by atoms with Crippen molar-refractivity contribution in [2.45, 2.75) is 52.2 Å². The lowest BCUT2D eigenvalue weighted by molar-refractivity contribution is 0.177. The summed E-state index contributed by atoms with van der Waals surface area (Å²) in [5.74, 6) is 0. The first-order chi connectivity index (χ1) is 6.59. The number of nitrogens with zero attached hydrogens (tertiary/aromatic N) is 2. The molecule has 1 aromatic rings. The molecule has 0 aliphatic heterocycles. The second-order valence-corrected chi connectivity index (χ2v) is 4.36. The summed E-state index contributed by atoms with van der Waals surface area (Å²) in [7, 11) is 0. The Morgan fingerprint density at radius 1 is 1.29 bits per heavy atom. The standard InChI is InChI=1S/C11H18N2O/c1-7-8(2)12-13(9(7)3)10-4-5-11(14)6-10/h10-11,14H,4-6H2,1-3H3. The Hall–Kier alpha value is -0.830. The van der Waals surface area contributed by atoms with Crippen LogP contribution in [0, 0.1) is 20.8 Å². The van der Waals surface area contributed by atoms with E-state index in [-0.39, 0.29) is 6.10 Å². The van der Waals surface area contributed by atoms with Crippen molar-refractivity contribution < 1.29 is 5.11 Å². The molecule has 0 spiro atoms.